The van der Waals surface area contributed by atoms with Gasteiger partial charge < -0.3 is 0 Å². The van der Waals surface area contributed by atoms with Crippen molar-refractivity contribution in [1.82, 2.24) is 0 Å². The summed E-state index contributed by atoms with van der Waals surface area (Å²) in [7, 11) is 0. The standard InChI is InChI=1S/C14H15FO/c15-13-7-4-5-11(10-13)9-12-6-2-1-3-8-14(12)16/h4-5,7,9-10H,1-3,6,8H2/b12-9-. The second kappa shape index (κ2) is 5.06. The fourth-order valence-electron chi connectivity index (χ4n) is 2.03. The monoisotopic (exact) mass is 218 g/mol. The normalized spacial score (nSPS) is 19.8. The van der Waals surface area contributed by atoms with Crippen molar-refractivity contribution >= 4 is 11.9 Å². The van der Waals surface area contributed by atoms with Crippen LogP contribution >= 0.6 is 0 Å². The molecule has 1 nitrogen and oxygen atoms in total. The maximum Gasteiger partial charge on any atom is 0.158 e. The largest absolute Gasteiger partial charge is 0.295 e. The van der Waals surface area contributed by atoms with E-state index >= 15 is 0 Å². The van der Waals surface area contributed by atoms with Crippen LogP contribution in [-0.4, -0.2) is 5.78 Å². The highest BCUT2D eigenvalue weighted by atomic mass is 19.1. The minimum absolute atomic E-state index is 0.224. The fourth-order valence-corrected chi connectivity index (χ4v) is 2.03. The molecule has 0 amide bonds. The molecule has 1 aromatic carbocycles. The Bertz CT molecular complexity index is 420. The van der Waals surface area contributed by atoms with Gasteiger partial charge in [-0.2, -0.15) is 0 Å². The predicted octanol–water partition coefficient (Wildman–Crippen LogP) is 3.74. The van der Waals surface area contributed by atoms with Gasteiger partial charge in [0, 0.05) is 6.42 Å². The molecular weight excluding hydrogens is 203 g/mol. The average Bonchev–Trinajstić information content (AvgIpc) is 2.45. The number of ketones is 1. The summed E-state index contributed by atoms with van der Waals surface area (Å²) in [5.41, 5.74) is 1.63. The molecular formula is C14H15FO. The Labute approximate surface area is 95.0 Å². The number of halogens is 1. The quantitative estimate of drug-likeness (QED) is 0.518. The van der Waals surface area contributed by atoms with Gasteiger partial charge in [0.15, 0.2) is 5.78 Å². The number of carbonyl (C=O) groups is 1. The van der Waals surface area contributed by atoms with Crippen LogP contribution in [0.4, 0.5) is 4.39 Å². The molecule has 0 spiro atoms. The van der Waals surface area contributed by atoms with Crippen LogP contribution in [0.1, 0.15) is 37.7 Å². The van der Waals surface area contributed by atoms with Crippen molar-refractivity contribution < 1.29 is 9.18 Å². The van der Waals surface area contributed by atoms with Gasteiger partial charge in [-0.25, -0.2) is 4.39 Å². The molecule has 1 aliphatic rings. The maximum atomic E-state index is 13.0. The molecule has 0 saturated heterocycles. The highest BCUT2D eigenvalue weighted by Gasteiger charge is 2.13. The molecule has 2 rings (SSSR count). The van der Waals surface area contributed by atoms with Gasteiger partial charge >= 0.3 is 0 Å². The number of carbonyl (C=O) groups excluding carboxylic acids is 1. The number of benzene rings is 1. The Hall–Kier alpha value is -1.44. The van der Waals surface area contributed by atoms with Crippen molar-refractivity contribution in [2.24, 2.45) is 0 Å². The summed E-state index contributed by atoms with van der Waals surface area (Å²) in [6.45, 7) is 0. The van der Waals surface area contributed by atoms with Gasteiger partial charge in [0.05, 0.1) is 0 Å². The molecule has 0 bridgehead atoms. The Balaban J connectivity index is 2.24. The first kappa shape index (κ1) is 11.1. The minimum Gasteiger partial charge on any atom is -0.295 e. The van der Waals surface area contributed by atoms with Crippen LogP contribution in [0.15, 0.2) is 29.8 Å². The van der Waals surface area contributed by atoms with Crippen LogP contribution in [0.3, 0.4) is 0 Å². The third-order valence-corrected chi connectivity index (χ3v) is 2.90. The van der Waals surface area contributed by atoms with Crippen LogP contribution in [0.5, 0.6) is 0 Å². The molecule has 0 aliphatic heterocycles. The highest BCUT2D eigenvalue weighted by Crippen LogP contribution is 2.21. The Morgan fingerprint density at radius 1 is 1.12 bits per heavy atom. The molecule has 84 valence electrons. The molecule has 0 aromatic heterocycles. The second-order valence-electron chi connectivity index (χ2n) is 4.21. The zero-order valence-corrected chi connectivity index (χ0v) is 9.21. The third-order valence-electron chi connectivity index (χ3n) is 2.90. The van der Waals surface area contributed by atoms with E-state index in [9.17, 15) is 9.18 Å². The summed E-state index contributed by atoms with van der Waals surface area (Å²) in [6.07, 6.45) is 6.46. The Morgan fingerprint density at radius 3 is 2.75 bits per heavy atom. The third kappa shape index (κ3) is 2.78. The van der Waals surface area contributed by atoms with Crippen molar-refractivity contribution in [1.29, 1.82) is 0 Å². The minimum atomic E-state index is -0.254. The lowest BCUT2D eigenvalue weighted by Gasteiger charge is -2.01. The van der Waals surface area contributed by atoms with Crippen LogP contribution < -0.4 is 0 Å². The lowest BCUT2D eigenvalue weighted by Crippen LogP contribution is -1.99. The van der Waals surface area contributed by atoms with Crippen molar-refractivity contribution in [3.05, 3.63) is 41.2 Å². The number of rotatable bonds is 1. The predicted molar refractivity (Wildman–Crippen MR) is 62.5 cm³/mol. The van der Waals surface area contributed by atoms with E-state index in [-0.39, 0.29) is 11.6 Å². The molecule has 0 radical (unpaired) electrons. The Morgan fingerprint density at radius 2 is 1.94 bits per heavy atom. The molecule has 1 saturated carbocycles. The van der Waals surface area contributed by atoms with Gasteiger partial charge in [0.2, 0.25) is 0 Å². The zero-order chi connectivity index (χ0) is 11.4. The van der Waals surface area contributed by atoms with E-state index in [1.807, 2.05) is 12.1 Å². The Kier molecular flexibility index (Phi) is 3.50. The van der Waals surface area contributed by atoms with E-state index in [4.69, 9.17) is 0 Å². The van der Waals surface area contributed by atoms with Crippen LogP contribution in [0.25, 0.3) is 6.08 Å². The second-order valence-corrected chi connectivity index (χ2v) is 4.21. The first-order chi connectivity index (χ1) is 7.75. The first-order valence-electron chi connectivity index (χ1n) is 5.75. The summed E-state index contributed by atoms with van der Waals surface area (Å²) in [5.74, 6) is -0.0304. The van der Waals surface area contributed by atoms with E-state index in [2.05, 4.69) is 0 Å². The van der Waals surface area contributed by atoms with Crippen molar-refractivity contribution in [3.63, 3.8) is 0 Å². The first-order valence-corrected chi connectivity index (χ1v) is 5.75. The summed E-state index contributed by atoms with van der Waals surface area (Å²) in [4.78, 5) is 11.7. The van der Waals surface area contributed by atoms with Crippen LogP contribution in [-0.2, 0) is 4.79 Å². The summed E-state index contributed by atoms with van der Waals surface area (Å²) < 4.78 is 13.0. The summed E-state index contributed by atoms with van der Waals surface area (Å²) >= 11 is 0. The van der Waals surface area contributed by atoms with Crippen molar-refractivity contribution in [2.75, 3.05) is 0 Å². The SMILES string of the molecule is O=C1CCCCC/C1=C/c1cccc(F)c1. The molecule has 0 N–H and O–H groups in total. The van der Waals surface area contributed by atoms with E-state index in [1.165, 1.54) is 12.1 Å². The highest BCUT2D eigenvalue weighted by molar-refractivity contribution is 5.99. The number of Topliss-reactive ketones (excluding diaryl/α,β-unsaturated/α-hetero) is 1. The van der Waals surface area contributed by atoms with Crippen molar-refractivity contribution in [2.45, 2.75) is 32.1 Å². The molecule has 1 aliphatic carbocycles. The molecule has 0 unspecified atom stereocenters. The van der Waals surface area contributed by atoms with Crippen LogP contribution in [0, 0.1) is 5.82 Å². The molecule has 1 aromatic rings. The zero-order valence-electron chi connectivity index (χ0n) is 9.21. The van der Waals surface area contributed by atoms with E-state index in [0.29, 0.717) is 6.42 Å². The lowest BCUT2D eigenvalue weighted by atomic mass is 10.0. The molecule has 0 atom stereocenters. The van der Waals surface area contributed by atoms with E-state index < -0.39 is 0 Å². The summed E-state index contributed by atoms with van der Waals surface area (Å²) in [5, 5.41) is 0. The molecule has 0 heterocycles. The van der Waals surface area contributed by atoms with E-state index in [1.54, 1.807) is 6.07 Å². The van der Waals surface area contributed by atoms with Crippen LogP contribution in [0.2, 0.25) is 0 Å². The smallest absolute Gasteiger partial charge is 0.158 e. The molecule has 16 heavy (non-hydrogen) atoms. The topological polar surface area (TPSA) is 17.1 Å². The van der Waals surface area contributed by atoms with Gasteiger partial charge in [0.25, 0.3) is 0 Å². The molecule has 1 fully saturated rings. The lowest BCUT2D eigenvalue weighted by molar-refractivity contribution is -0.115. The fraction of sp³-hybridized carbons (Fsp3) is 0.357. The van der Waals surface area contributed by atoms with Gasteiger partial charge in [-0.3, -0.25) is 4.79 Å². The van der Waals surface area contributed by atoms with Crippen molar-refractivity contribution in [3.8, 4) is 0 Å². The number of allylic oxidation sites excluding steroid dienone is 1. The van der Waals surface area contributed by atoms with Gasteiger partial charge in [-0.1, -0.05) is 18.6 Å². The van der Waals surface area contributed by atoms with Gasteiger partial charge in [-0.15, -0.1) is 0 Å². The van der Waals surface area contributed by atoms with E-state index in [0.717, 1.165) is 36.8 Å². The maximum absolute atomic E-state index is 13.0. The molecule has 2 heteroatoms. The van der Waals surface area contributed by atoms with Gasteiger partial charge in [-0.05, 0) is 48.6 Å². The summed E-state index contributed by atoms with van der Waals surface area (Å²) in [6, 6.07) is 6.37. The number of hydrogen-bond acceptors (Lipinski definition) is 1. The van der Waals surface area contributed by atoms with Gasteiger partial charge in [0.1, 0.15) is 5.82 Å². The number of hydrogen-bond donors (Lipinski definition) is 0. The average molecular weight is 218 g/mol.